The quantitative estimate of drug-likeness (QED) is 0.415. The van der Waals surface area contributed by atoms with Crippen LogP contribution in [0.1, 0.15) is 24.0 Å². The minimum absolute atomic E-state index is 0.0630. The monoisotopic (exact) mass is 538 g/mol. The molecule has 0 radical (unpaired) electrons. The van der Waals surface area contributed by atoms with Crippen LogP contribution in [0.15, 0.2) is 66.7 Å². The fourth-order valence-electron chi connectivity index (χ4n) is 5.21. The first kappa shape index (κ1) is 26.6. The van der Waals surface area contributed by atoms with Crippen molar-refractivity contribution in [1.82, 2.24) is 9.80 Å². The number of nitrogens with two attached hydrogens (primary N) is 1. The Kier molecular flexibility index (Phi) is 7.74. The predicted octanol–water partition coefficient (Wildman–Crippen LogP) is 4.46. The molecule has 0 unspecified atom stereocenters. The van der Waals surface area contributed by atoms with Crippen molar-refractivity contribution in [3.8, 4) is 5.75 Å². The molecule has 0 saturated carbocycles. The summed E-state index contributed by atoms with van der Waals surface area (Å²) in [6, 6.07) is 17.0. The van der Waals surface area contributed by atoms with Crippen LogP contribution in [0.4, 0.5) is 23.7 Å². The number of fused-ring (bicyclic) bond motifs is 2. The number of likely N-dealkylation sites (tertiary alicyclic amines) is 2. The van der Waals surface area contributed by atoms with E-state index in [-0.39, 0.29) is 42.4 Å². The van der Waals surface area contributed by atoms with Gasteiger partial charge < -0.3 is 25.6 Å². The summed E-state index contributed by atoms with van der Waals surface area (Å²) >= 11 is 0. The third-order valence-electron chi connectivity index (χ3n) is 7.18. The van der Waals surface area contributed by atoms with Gasteiger partial charge in [-0.2, -0.15) is 0 Å². The molecule has 3 amide bonds. The molecule has 204 valence electrons. The van der Waals surface area contributed by atoms with Gasteiger partial charge in [0.05, 0.1) is 12.1 Å². The lowest BCUT2D eigenvalue weighted by Crippen LogP contribution is -2.52. The number of nitrogens with zero attached hydrogens (tertiary/aromatic N) is 2. The van der Waals surface area contributed by atoms with E-state index < -0.39 is 23.5 Å². The summed E-state index contributed by atoms with van der Waals surface area (Å²) in [7, 11) is 0. The number of halogens is 3. The van der Waals surface area contributed by atoms with Crippen molar-refractivity contribution in [3.05, 3.63) is 95.3 Å². The molecule has 0 aliphatic carbocycles. The van der Waals surface area contributed by atoms with Crippen molar-refractivity contribution in [2.24, 2.45) is 5.73 Å². The van der Waals surface area contributed by atoms with Gasteiger partial charge in [-0.15, -0.1) is 0 Å². The molecule has 2 fully saturated rings. The number of carbonyl (C=O) groups is 2. The van der Waals surface area contributed by atoms with Gasteiger partial charge in [0.2, 0.25) is 5.91 Å². The molecule has 2 heterocycles. The molecule has 2 aliphatic rings. The van der Waals surface area contributed by atoms with E-state index in [1.165, 1.54) is 0 Å². The third kappa shape index (κ3) is 6.17. The zero-order valence-electron chi connectivity index (χ0n) is 21.2. The number of rotatable bonds is 8. The maximum Gasteiger partial charge on any atom is 0.322 e. The molecule has 0 spiro atoms. The molecule has 2 saturated heterocycles. The lowest BCUT2D eigenvalue weighted by atomic mass is 10.0. The Bertz CT molecular complexity index is 1340. The number of carbonyl (C=O) groups excluding carboxylic acids is 2. The number of benzene rings is 3. The van der Waals surface area contributed by atoms with Gasteiger partial charge in [-0.3, -0.25) is 4.79 Å². The Morgan fingerprint density at radius 3 is 2.28 bits per heavy atom. The minimum Gasteiger partial charge on any atom is -0.489 e. The lowest BCUT2D eigenvalue weighted by Gasteiger charge is -2.34. The van der Waals surface area contributed by atoms with Crippen LogP contribution < -0.4 is 15.8 Å². The number of anilines is 1. The summed E-state index contributed by atoms with van der Waals surface area (Å²) in [6.07, 6.45) is 0.506. The summed E-state index contributed by atoms with van der Waals surface area (Å²) in [5.41, 5.74) is 7.66. The highest BCUT2D eigenvalue weighted by Crippen LogP contribution is 2.32. The van der Waals surface area contributed by atoms with E-state index in [0.717, 1.165) is 11.6 Å². The van der Waals surface area contributed by atoms with Gasteiger partial charge in [0.25, 0.3) is 0 Å². The summed E-state index contributed by atoms with van der Waals surface area (Å²) in [6.45, 7) is 1.23. The van der Waals surface area contributed by atoms with E-state index in [4.69, 9.17) is 10.5 Å². The van der Waals surface area contributed by atoms with Crippen LogP contribution >= 0.6 is 0 Å². The number of urea groups is 1. The van der Waals surface area contributed by atoms with Crippen LogP contribution in [0.2, 0.25) is 0 Å². The molecule has 0 aromatic heterocycles. The largest absolute Gasteiger partial charge is 0.489 e. The first-order valence-electron chi connectivity index (χ1n) is 12.8. The zero-order valence-corrected chi connectivity index (χ0v) is 21.2. The smallest absolute Gasteiger partial charge is 0.322 e. The number of amides is 3. The van der Waals surface area contributed by atoms with Crippen molar-refractivity contribution in [3.63, 3.8) is 0 Å². The zero-order chi connectivity index (χ0) is 27.5. The van der Waals surface area contributed by atoms with Crippen LogP contribution in [-0.4, -0.2) is 53.0 Å². The first-order chi connectivity index (χ1) is 18.8. The molecule has 3 N–H and O–H groups in total. The summed E-state index contributed by atoms with van der Waals surface area (Å²) in [5, 5.41) is 2.90. The third-order valence-corrected chi connectivity index (χ3v) is 7.18. The van der Waals surface area contributed by atoms with Gasteiger partial charge in [-0.1, -0.05) is 30.3 Å². The maximum atomic E-state index is 13.9. The summed E-state index contributed by atoms with van der Waals surface area (Å²) < 4.78 is 46.3. The molecule has 2 aliphatic heterocycles. The number of piperazine rings is 1. The van der Waals surface area contributed by atoms with Gasteiger partial charge in [0, 0.05) is 37.3 Å². The van der Waals surface area contributed by atoms with E-state index >= 15 is 0 Å². The Morgan fingerprint density at radius 1 is 0.923 bits per heavy atom. The average molecular weight is 539 g/mol. The van der Waals surface area contributed by atoms with E-state index in [0.29, 0.717) is 43.6 Å². The van der Waals surface area contributed by atoms with Gasteiger partial charge in [0.1, 0.15) is 18.2 Å². The second-order valence-electron chi connectivity index (χ2n) is 10.00. The second kappa shape index (κ2) is 11.4. The van der Waals surface area contributed by atoms with Crippen molar-refractivity contribution < 1.29 is 27.5 Å². The number of hydrogen-bond acceptors (Lipinski definition) is 4. The number of hydrogen-bond donors (Lipinski definition) is 2. The van der Waals surface area contributed by atoms with Gasteiger partial charge in [-0.25, -0.2) is 18.0 Å². The summed E-state index contributed by atoms with van der Waals surface area (Å²) in [4.78, 5) is 29.2. The van der Waals surface area contributed by atoms with Gasteiger partial charge >= 0.3 is 6.03 Å². The van der Waals surface area contributed by atoms with Crippen molar-refractivity contribution in [2.45, 2.75) is 44.0 Å². The SMILES string of the molecule is N[C@@H](CC(=O)N1C[C@@H]2C[C@@H]1CN2C(=O)Nc1ccc(OCc2ccccc2)cc1)Cc1cc(F)c(F)cc1F. The fourth-order valence-corrected chi connectivity index (χ4v) is 5.21. The number of ether oxygens (including phenoxy) is 1. The Labute approximate surface area is 224 Å². The average Bonchev–Trinajstić information content (AvgIpc) is 3.54. The standard InChI is InChI=1S/C29H29F3N4O3/c30-25-14-27(32)26(31)11-19(25)10-20(33)12-28(37)35-15-23-13-22(35)16-36(23)29(38)34-21-6-8-24(9-7-21)39-17-18-4-2-1-3-5-18/h1-9,11,14,20,22-23H,10,12-13,15-17,33H2,(H,34,38)/t20-,22-,23+/m1/s1. The molecule has 7 nitrogen and oxygen atoms in total. The van der Waals surface area contributed by atoms with Crippen LogP contribution in [0.25, 0.3) is 0 Å². The molecule has 3 aromatic rings. The topological polar surface area (TPSA) is 87.9 Å². The molecule has 39 heavy (non-hydrogen) atoms. The molecule has 3 aromatic carbocycles. The van der Waals surface area contributed by atoms with E-state index in [1.807, 2.05) is 30.3 Å². The Hall–Kier alpha value is -4.05. The van der Waals surface area contributed by atoms with Crippen LogP contribution in [0.5, 0.6) is 5.75 Å². The molecular weight excluding hydrogens is 509 g/mol. The van der Waals surface area contributed by atoms with Crippen LogP contribution in [0, 0.1) is 17.5 Å². The summed E-state index contributed by atoms with van der Waals surface area (Å²) in [5.74, 6) is -2.84. The maximum absolute atomic E-state index is 13.9. The van der Waals surface area contributed by atoms with E-state index in [1.54, 1.807) is 34.1 Å². The highest BCUT2D eigenvalue weighted by atomic mass is 19.2. The normalized spacial score (nSPS) is 18.8. The van der Waals surface area contributed by atoms with E-state index in [2.05, 4.69) is 5.32 Å². The Morgan fingerprint density at radius 2 is 1.59 bits per heavy atom. The van der Waals surface area contributed by atoms with Gasteiger partial charge in [0.15, 0.2) is 11.6 Å². The molecule has 2 bridgehead atoms. The molecular formula is C29H29F3N4O3. The van der Waals surface area contributed by atoms with Crippen molar-refractivity contribution in [2.75, 3.05) is 18.4 Å². The van der Waals surface area contributed by atoms with Crippen LogP contribution in [0.3, 0.4) is 0 Å². The van der Waals surface area contributed by atoms with Crippen molar-refractivity contribution >= 4 is 17.6 Å². The highest BCUT2D eigenvalue weighted by Gasteiger charge is 2.47. The molecule has 5 rings (SSSR count). The van der Waals surface area contributed by atoms with Crippen molar-refractivity contribution in [1.29, 1.82) is 0 Å². The van der Waals surface area contributed by atoms with Crippen LogP contribution in [-0.2, 0) is 17.8 Å². The second-order valence-corrected chi connectivity index (χ2v) is 10.00. The minimum atomic E-state index is -1.27. The lowest BCUT2D eigenvalue weighted by molar-refractivity contribution is -0.133. The first-order valence-corrected chi connectivity index (χ1v) is 12.8. The fraction of sp³-hybridized carbons (Fsp3) is 0.310. The highest BCUT2D eigenvalue weighted by molar-refractivity contribution is 5.90. The molecule has 3 atom stereocenters. The Balaban J connectivity index is 1.09. The van der Waals surface area contributed by atoms with E-state index in [9.17, 15) is 22.8 Å². The molecule has 10 heteroatoms. The van der Waals surface area contributed by atoms with Gasteiger partial charge in [-0.05, 0) is 54.3 Å². The number of nitrogens with one attached hydrogen (secondary N) is 1. The predicted molar refractivity (Wildman–Crippen MR) is 139 cm³/mol.